The van der Waals surface area contributed by atoms with E-state index >= 15 is 0 Å². The maximum absolute atomic E-state index is 12.0. The Balaban J connectivity index is 1.34. The van der Waals surface area contributed by atoms with Gasteiger partial charge in [0.25, 0.3) is 5.91 Å². The molecule has 0 aromatic heterocycles. The summed E-state index contributed by atoms with van der Waals surface area (Å²) in [5, 5.41) is 5.86. The Bertz CT molecular complexity index is 572. The zero-order valence-corrected chi connectivity index (χ0v) is 14.6. The molecule has 3 rings (SSSR count). The Morgan fingerprint density at radius 1 is 1.17 bits per heavy atom. The second-order valence-corrected chi connectivity index (χ2v) is 7.21. The molecule has 5 nitrogen and oxygen atoms in total. The minimum absolute atomic E-state index is 0.0174. The average Bonchev–Trinajstić information content (AvgIpc) is 3.28. The lowest BCUT2D eigenvalue weighted by molar-refractivity contribution is -0.121. The number of halogens is 1. The molecule has 1 saturated heterocycles. The van der Waals surface area contributed by atoms with Crippen molar-refractivity contribution in [3.63, 3.8) is 0 Å². The van der Waals surface area contributed by atoms with Crippen LogP contribution in [0.3, 0.4) is 0 Å². The SMILES string of the molecule is O=C(CCNC(=O)c1ccc(Br)cc1)NC1CCN(C2CC2)C1. The van der Waals surface area contributed by atoms with E-state index in [0.717, 1.165) is 30.0 Å². The standard InChI is InChI=1S/C17H22BrN3O2/c18-13-3-1-12(2-4-13)17(23)19-9-7-16(22)20-14-8-10-21(11-14)15-5-6-15/h1-4,14-15H,5-11H2,(H,19,23)(H,20,22). The van der Waals surface area contributed by atoms with Crippen molar-refractivity contribution in [3.8, 4) is 0 Å². The maximum atomic E-state index is 12.0. The first-order valence-electron chi connectivity index (χ1n) is 8.19. The first-order valence-corrected chi connectivity index (χ1v) is 8.98. The Hall–Kier alpha value is -1.40. The monoisotopic (exact) mass is 379 g/mol. The van der Waals surface area contributed by atoms with Crippen LogP contribution in [0.4, 0.5) is 0 Å². The fourth-order valence-electron chi connectivity index (χ4n) is 2.97. The van der Waals surface area contributed by atoms with E-state index in [9.17, 15) is 9.59 Å². The minimum Gasteiger partial charge on any atom is -0.352 e. The van der Waals surface area contributed by atoms with Crippen LogP contribution < -0.4 is 10.6 Å². The van der Waals surface area contributed by atoms with Gasteiger partial charge >= 0.3 is 0 Å². The van der Waals surface area contributed by atoms with Gasteiger partial charge in [0.05, 0.1) is 0 Å². The lowest BCUT2D eigenvalue weighted by atomic mass is 10.2. The van der Waals surface area contributed by atoms with Gasteiger partial charge < -0.3 is 10.6 Å². The minimum atomic E-state index is -0.147. The number of amides is 2. The van der Waals surface area contributed by atoms with Gasteiger partial charge in [-0.25, -0.2) is 0 Å². The van der Waals surface area contributed by atoms with Gasteiger partial charge in [-0.2, -0.15) is 0 Å². The predicted molar refractivity (Wildman–Crippen MR) is 92.2 cm³/mol. The van der Waals surface area contributed by atoms with Crippen molar-refractivity contribution in [2.75, 3.05) is 19.6 Å². The van der Waals surface area contributed by atoms with Crippen LogP contribution >= 0.6 is 15.9 Å². The highest BCUT2D eigenvalue weighted by Crippen LogP contribution is 2.29. The van der Waals surface area contributed by atoms with E-state index < -0.39 is 0 Å². The molecule has 1 atom stereocenters. The zero-order valence-electron chi connectivity index (χ0n) is 13.1. The Kier molecular flexibility index (Phi) is 5.33. The van der Waals surface area contributed by atoms with E-state index in [1.165, 1.54) is 12.8 Å². The third-order valence-electron chi connectivity index (χ3n) is 4.39. The summed E-state index contributed by atoms with van der Waals surface area (Å²) in [5.74, 6) is -0.130. The number of likely N-dealkylation sites (tertiary alicyclic amines) is 1. The maximum Gasteiger partial charge on any atom is 0.251 e. The molecular formula is C17H22BrN3O2. The highest BCUT2D eigenvalue weighted by Gasteiger charge is 2.34. The first-order chi connectivity index (χ1) is 11.1. The summed E-state index contributed by atoms with van der Waals surface area (Å²) >= 11 is 3.34. The molecule has 1 aromatic carbocycles. The number of rotatable bonds is 6. The molecular weight excluding hydrogens is 358 g/mol. The average molecular weight is 380 g/mol. The fraction of sp³-hybridized carbons (Fsp3) is 0.529. The van der Waals surface area contributed by atoms with Gasteiger partial charge in [-0.1, -0.05) is 15.9 Å². The third-order valence-corrected chi connectivity index (χ3v) is 4.92. The largest absolute Gasteiger partial charge is 0.352 e. The van der Waals surface area contributed by atoms with Crippen LogP contribution in [0.2, 0.25) is 0 Å². The van der Waals surface area contributed by atoms with Gasteiger partial charge in [0.2, 0.25) is 5.91 Å². The second kappa shape index (κ2) is 7.45. The lowest BCUT2D eigenvalue weighted by Crippen LogP contribution is -2.39. The number of benzene rings is 1. The molecule has 124 valence electrons. The van der Waals surface area contributed by atoms with Crippen LogP contribution in [0.15, 0.2) is 28.7 Å². The number of carbonyl (C=O) groups is 2. The molecule has 23 heavy (non-hydrogen) atoms. The van der Waals surface area contributed by atoms with Gasteiger partial charge in [0, 0.05) is 48.2 Å². The van der Waals surface area contributed by atoms with Crippen LogP contribution in [-0.2, 0) is 4.79 Å². The van der Waals surface area contributed by atoms with Crippen LogP contribution in [0.25, 0.3) is 0 Å². The summed E-state index contributed by atoms with van der Waals surface area (Å²) in [6.45, 7) is 2.43. The van der Waals surface area contributed by atoms with Crippen molar-refractivity contribution in [1.29, 1.82) is 0 Å². The molecule has 0 radical (unpaired) electrons. The summed E-state index contributed by atoms with van der Waals surface area (Å²) in [6, 6.07) is 8.20. The summed E-state index contributed by atoms with van der Waals surface area (Å²) in [7, 11) is 0. The predicted octanol–water partition coefficient (Wildman–Crippen LogP) is 1.92. The molecule has 1 unspecified atom stereocenters. The Morgan fingerprint density at radius 3 is 2.61 bits per heavy atom. The van der Waals surface area contributed by atoms with Crippen molar-refractivity contribution in [2.24, 2.45) is 0 Å². The van der Waals surface area contributed by atoms with E-state index in [0.29, 0.717) is 18.5 Å². The fourth-order valence-corrected chi connectivity index (χ4v) is 3.23. The first kappa shape index (κ1) is 16.5. The van der Waals surface area contributed by atoms with Crippen LogP contribution in [0.1, 0.15) is 36.0 Å². The van der Waals surface area contributed by atoms with Gasteiger partial charge in [0.15, 0.2) is 0 Å². The van der Waals surface area contributed by atoms with E-state index in [1.807, 2.05) is 12.1 Å². The number of hydrogen-bond donors (Lipinski definition) is 2. The van der Waals surface area contributed by atoms with Gasteiger partial charge in [-0.3, -0.25) is 14.5 Å². The van der Waals surface area contributed by atoms with Crippen molar-refractivity contribution in [2.45, 2.75) is 37.8 Å². The Labute approximate surface area is 144 Å². The lowest BCUT2D eigenvalue weighted by Gasteiger charge is -2.15. The number of carbonyl (C=O) groups excluding carboxylic acids is 2. The van der Waals surface area contributed by atoms with E-state index in [1.54, 1.807) is 12.1 Å². The molecule has 6 heteroatoms. The number of hydrogen-bond acceptors (Lipinski definition) is 3. The van der Waals surface area contributed by atoms with Crippen molar-refractivity contribution < 1.29 is 9.59 Å². The highest BCUT2D eigenvalue weighted by molar-refractivity contribution is 9.10. The quantitative estimate of drug-likeness (QED) is 0.793. The number of nitrogens with zero attached hydrogens (tertiary/aromatic N) is 1. The molecule has 1 aliphatic carbocycles. The molecule has 2 amide bonds. The molecule has 1 saturated carbocycles. The molecule has 1 heterocycles. The van der Waals surface area contributed by atoms with Crippen molar-refractivity contribution in [3.05, 3.63) is 34.3 Å². The van der Waals surface area contributed by atoms with Crippen molar-refractivity contribution in [1.82, 2.24) is 15.5 Å². The second-order valence-electron chi connectivity index (χ2n) is 6.29. The molecule has 2 fully saturated rings. The summed E-state index contributed by atoms with van der Waals surface area (Å²) < 4.78 is 0.935. The smallest absolute Gasteiger partial charge is 0.251 e. The van der Waals surface area contributed by atoms with Gasteiger partial charge in [-0.15, -0.1) is 0 Å². The molecule has 2 aliphatic rings. The van der Waals surface area contributed by atoms with Gasteiger partial charge in [-0.05, 0) is 43.5 Å². The van der Waals surface area contributed by atoms with Crippen LogP contribution in [0.5, 0.6) is 0 Å². The summed E-state index contributed by atoms with van der Waals surface area (Å²) in [5.41, 5.74) is 0.601. The van der Waals surface area contributed by atoms with Crippen LogP contribution in [-0.4, -0.2) is 48.4 Å². The highest BCUT2D eigenvalue weighted by atomic mass is 79.9. The third kappa shape index (κ3) is 4.78. The molecule has 2 N–H and O–H groups in total. The van der Waals surface area contributed by atoms with E-state index in [2.05, 4.69) is 31.5 Å². The topological polar surface area (TPSA) is 61.4 Å². The van der Waals surface area contributed by atoms with Gasteiger partial charge in [0.1, 0.15) is 0 Å². The Morgan fingerprint density at radius 2 is 1.91 bits per heavy atom. The summed E-state index contributed by atoms with van der Waals surface area (Å²) in [4.78, 5) is 26.4. The molecule has 1 aliphatic heterocycles. The molecule has 1 aromatic rings. The zero-order chi connectivity index (χ0) is 16.2. The van der Waals surface area contributed by atoms with Crippen molar-refractivity contribution >= 4 is 27.7 Å². The number of nitrogens with one attached hydrogen (secondary N) is 2. The normalized spacial score (nSPS) is 21.2. The molecule has 0 spiro atoms. The van der Waals surface area contributed by atoms with E-state index in [-0.39, 0.29) is 17.9 Å². The molecule has 0 bridgehead atoms. The summed E-state index contributed by atoms with van der Waals surface area (Å²) in [6.07, 6.45) is 3.97. The van der Waals surface area contributed by atoms with E-state index in [4.69, 9.17) is 0 Å². The van der Waals surface area contributed by atoms with Crippen LogP contribution in [0, 0.1) is 0 Å².